The molecule has 2 rings (SSSR count). The number of hydrogen-bond donors (Lipinski definition) is 0. The molecule has 0 aliphatic rings. The summed E-state index contributed by atoms with van der Waals surface area (Å²) in [6.45, 7) is 1.91. The van der Waals surface area contributed by atoms with Crippen molar-refractivity contribution in [1.29, 1.82) is 0 Å². The van der Waals surface area contributed by atoms with Crippen LogP contribution in [0.15, 0.2) is 36.4 Å². The fourth-order valence-corrected chi connectivity index (χ4v) is 2.40. The molecule has 0 fully saturated rings. The molecule has 0 bridgehead atoms. The Kier molecular flexibility index (Phi) is 4.02. The summed E-state index contributed by atoms with van der Waals surface area (Å²) in [5, 5.41) is 0.281. The van der Waals surface area contributed by atoms with Gasteiger partial charge >= 0.3 is 0 Å². The number of carbonyl (C=O) groups is 1. The first kappa shape index (κ1) is 13.5. The Morgan fingerprint density at radius 3 is 2.61 bits per heavy atom. The average Bonchev–Trinajstić information content (AvgIpc) is 2.32. The van der Waals surface area contributed by atoms with E-state index in [4.69, 9.17) is 11.6 Å². The molecule has 18 heavy (non-hydrogen) atoms. The molecule has 0 heterocycles. The van der Waals surface area contributed by atoms with Gasteiger partial charge in [0.1, 0.15) is 5.82 Å². The quantitative estimate of drug-likeness (QED) is 0.554. The molecule has 0 aliphatic carbocycles. The van der Waals surface area contributed by atoms with Crippen LogP contribution in [0.4, 0.5) is 4.39 Å². The number of benzene rings is 2. The predicted octanol–water partition coefficient (Wildman–Crippen LogP) is 4.62. The zero-order chi connectivity index (χ0) is 13.3. The van der Waals surface area contributed by atoms with Gasteiger partial charge in [-0.1, -0.05) is 23.7 Å². The van der Waals surface area contributed by atoms with E-state index in [-0.39, 0.29) is 16.4 Å². The maximum absolute atomic E-state index is 13.7. The van der Waals surface area contributed by atoms with Gasteiger partial charge in [0.2, 0.25) is 0 Å². The van der Waals surface area contributed by atoms with Gasteiger partial charge in [-0.2, -0.15) is 0 Å². The zero-order valence-electron chi connectivity index (χ0n) is 9.51. The first-order valence-electron chi connectivity index (χ1n) is 5.25. The Morgan fingerprint density at radius 2 is 1.94 bits per heavy atom. The van der Waals surface area contributed by atoms with E-state index in [0.717, 1.165) is 15.2 Å². The second-order valence-electron chi connectivity index (χ2n) is 3.89. The van der Waals surface area contributed by atoms with E-state index in [9.17, 15) is 9.18 Å². The normalized spacial score (nSPS) is 10.4. The van der Waals surface area contributed by atoms with Crippen molar-refractivity contribution in [3.63, 3.8) is 0 Å². The highest BCUT2D eigenvalue weighted by Gasteiger charge is 2.17. The molecule has 0 radical (unpaired) electrons. The van der Waals surface area contributed by atoms with E-state index >= 15 is 0 Å². The monoisotopic (exact) mass is 374 g/mol. The smallest absolute Gasteiger partial charge is 0.197 e. The van der Waals surface area contributed by atoms with Crippen LogP contribution in [-0.2, 0) is 0 Å². The molecule has 0 aliphatic heterocycles. The molecule has 0 amide bonds. The van der Waals surface area contributed by atoms with Crippen LogP contribution in [0.25, 0.3) is 0 Å². The van der Waals surface area contributed by atoms with Crippen LogP contribution in [0.5, 0.6) is 0 Å². The molecule has 2 aromatic rings. The molecular weight excluding hydrogens is 366 g/mol. The molecule has 0 atom stereocenters. The SMILES string of the molecule is Cc1cccc(C(=O)c2ccc(Cl)cc2F)c1I. The summed E-state index contributed by atoms with van der Waals surface area (Å²) >= 11 is 7.77. The minimum Gasteiger partial charge on any atom is -0.288 e. The Bertz CT molecular complexity index is 625. The van der Waals surface area contributed by atoms with Gasteiger partial charge in [-0.15, -0.1) is 0 Å². The van der Waals surface area contributed by atoms with Crippen LogP contribution in [-0.4, -0.2) is 5.78 Å². The highest BCUT2D eigenvalue weighted by atomic mass is 127. The van der Waals surface area contributed by atoms with Crippen molar-refractivity contribution >= 4 is 40.0 Å². The van der Waals surface area contributed by atoms with Crippen molar-refractivity contribution in [1.82, 2.24) is 0 Å². The first-order valence-corrected chi connectivity index (χ1v) is 6.71. The maximum Gasteiger partial charge on any atom is 0.197 e. The van der Waals surface area contributed by atoms with Crippen molar-refractivity contribution in [2.45, 2.75) is 6.92 Å². The molecule has 0 aromatic heterocycles. The van der Waals surface area contributed by atoms with Gasteiger partial charge in [0, 0.05) is 14.2 Å². The molecular formula is C14H9ClFIO. The fourth-order valence-electron chi connectivity index (χ4n) is 1.64. The van der Waals surface area contributed by atoms with E-state index in [2.05, 4.69) is 22.6 Å². The molecule has 2 aromatic carbocycles. The van der Waals surface area contributed by atoms with Crippen LogP contribution < -0.4 is 0 Å². The summed E-state index contributed by atoms with van der Waals surface area (Å²) in [5.41, 5.74) is 1.55. The number of halogens is 3. The lowest BCUT2D eigenvalue weighted by atomic mass is 10.0. The van der Waals surface area contributed by atoms with Crippen molar-refractivity contribution in [3.8, 4) is 0 Å². The number of carbonyl (C=O) groups excluding carboxylic acids is 1. The van der Waals surface area contributed by atoms with E-state index in [1.54, 1.807) is 12.1 Å². The molecule has 0 saturated heterocycles. The molecule has 0 N–H and O–H groups in total. The maximum atomic E-state index is 13.7. The number of aryl methyl sites for hydroxylation is 1. The van der Waals surface area contributed by atoms with Crippen LogP contribution >= 0.6 is 34.2 Å². The van der Waals surface area contributed by atoms with Crippen molar-refractivity contribution in [2.75, 3.05) is 0 Å². The number of rotatable bonds is 2. The first-order chi connectivity index (χ1) is 8.50. The molecule has 0 spiro atoms. The van der Waals surface area contributed by atoms with Gasteiger partial charge in [0.25, 0.3) is 0 Å². The lowest BCUT2D eigenvalue weighted by molar-refractivity contribution is 0.103. The molecule has 92 valence electrons. The summed E-state index contributed by atoms with van der Waals surface area (Å²) in [6.07, 6.45) is 0. The predicted molar refractivity (Wildman–Crippen MR) is 78.7 cm³/mol. The van der Waals surface area contributed by atoms with Crippen LogP contribution in [0.1, 0.15) is 21.5 Å². The van der Waals surface area contributed by atoms with Crippen molar-refractivity contribution in [2.24, 2.45) is 0 Å². The summed E-state index contributed by atoms with van der Waals surface area (Å²) < 4.78 is 14.6. The average molecular weight is 375 g/mol. The molecule has 0 saturated carbocycles. The van der Waals surface area contributed by atoms with Crippen LogP contribution in [0, 0.1) is 16.3 Å². The molecule has 4 heteroatoms. The van der Waals surface area contributed by atoms with Gasteiger partial charge in [0.15, 0.2) is 5.78 Å². The highest BCUT2D eigenvalue weighted by molar-refractivity contribution is 14.1. The Balaban J connectivity index is 2.51. The minimum absolute atomic E-state index is 0.0444. The molecule has 1 nitrogen and oxygen atoms in total. The third-order valence-corrected chi connectivity index (χ3v) is 4.28. The number of hydrogen-bond acceptors (Lipinski definition) is 1. The third kappa shape index (κ3) is 2.57. The minimum atomic E-state index is -0.593. The number of ketones is 1. The second-order valence-corrected chi connectivity index (χ2v) is 5.40. The highest BCUT2D eigenvalue weighted by Crippen LogP contribution is 2.22. The zero-order valence-corrected chi connectivity index (χ0v) is 12.4. The van der Waals surface area contributed by atoms with E-state index in [0.29, 0.717) is 5.56 Å². The summed E-state index contributed by atoms with van der Waals surface area (Å²) in [7, 11) is 0. The van der Waals surface area contributed by atoms with Gasteiger partial charge in [-0.25, -0.2) is 4.39 Å². The van der Waals surface area contributed by atoms with Gasteiger partial charge in [-0.3, -0.25) is 4.79 Å². The van der Waals surface area contributed by atoms with Crippen molar-refractivity contribution in [3.05, 3.63) is 67.5 Å². The van der Waals surface area contributed by atoms with Crippen LogP contribution in [0.2, 0.25) is 5.02 Å². The van der Waals surface area contributed by atoms with Gasteiger partial charge in [-0.05, 0) is 59.3 Å². The lowest BCUT2D eigenvalue weighted by Crippen LogP contribution is -2.07. The largest absolute Gasteiger partial charge is 0.288 e. The van der Waals surface area contributed by atoms with Gasteiger partial charge < -0.3 is 0 Å². The lowest BCUT2D eigenvalue weighted by Gasteiger charge is -2.07. The Morgan fingerprint density at radius 1 is 1.22 bits per heavy atom. The Labute approximate surface area is 123 Å². The van der Waals surface area contributed by atoms with E-state index in [1.807, 2.05) is 13.0 Å². The third-order valence-electron chi connectivity index (χ3n) is 2.61. The fraction of sp³-hybridized carbons (Fsp3) is 0.0714. The molecule has 0 unspecified atom stereocenters. The standard InChI is InChI=1S/C14H9ClFIO/c1-8-3-2-4-11(13(8)17)14(18)10-6-5-9(15)7-12(10)16/h2-7H,1H3. The second kappa shape index (κ2) is 5.36. The van der Waals surface area contributed by atoms with Crippen LogP contribution in [0.3, 0.4) is 0 Å². The summed E-state index contributed by atoms with van der Waals surface area (Å²) in [5.74, 6) is -0.915. The van der Waals surface area contributed by atoms with E-state index < -0.39 is 5.82 Å². The summed E-state index contributed by atoms with van der Waals surface area (Å²) in [4.78, 5) is 12.3. The summed E-state index contributed by atoms with van der Waals surface area (Å²) in [6, 6.07) is 9.48. The van der Waals surface area contributed by atoms with E-state index in [1.165, 1.54) is 12.1 Å². The van der Waals surface area contributed by atoms with Crippen molar-refractivity contribution < 1.29 is 9.18 Å². The Hall–Kier alpha value is -0.940. The topological polar surface area (TPSA) is 17.1 Å². The van der Waals surface area contributed by atoms with Gasteiger partial charge in [0.05, 0.1) is 5.56 Å².